The third-order valence-electron chi connectivity index (χ3n) is 6.23. The van der Waals surface area contributed by atoms with Gasteiger partial charge in [0.25, 0.3) is 0 Å². The van der Waals surface area contributed by atoms with Crippen molar-refractivity contribution >= 4 is 18.0 Å². The Morgan fingerprint density at radius 3 is 2.06 bits per heavy atom. The second kappa shape index (κ2) is 11.3. The molecule has 35 heavy (non-hydrogen) atoms. The van der Waals surface area contributed by atoms with E-state index >= 15 is 0 Å². The predicted octanol–water partition coefficient (Wildman–Crippen LogP) is 2.66. The van der Waals surface area contributed by atoms with Crippen LogP contribution in [-0.4, -0.2) is 66.2 Å². The van der Waals surface area contributed by atoms with Gasteiger partial charge in [-0.05, 0) is 36.1 Å². The van der Waals surface area contributed by atoms with Crippen molar-refractivity contribution in [3.63, 3.8) is 0 Å². The van der Waals surface area contributed by atoms with Crippen LogP contribution in [-0.2, 0) is 19.1 Å². The van der Waals surface area contributed by atoms with Crippen LogP contribution in [0.25, 0.3) is 11.1 Å². The summed E-state index contributed by atoms with van der Waals surface area (Å²) >= 11 is 0. The average molecular weight is 485 g/mol. The lowest BCUT2D eigenvalue weighted by atomic mass is 9.97. The van der Waals surface area contributed by atoms with Crippen molar-refractivity contribution in [2.75, 3.05) is 20.3 Å². The number of aliphatic hydroxyl groups excluding tert-OH is 1. The minimum atomic E-state index is -1.29. The number of ether oxygens (including phenoxy) is 2. The highest BCUT2D eigenvalue weighted by Gasteiger charge is 2.33. The fourth-order valence-electron chi connectivity index (χ4n) is 4.23. The summed E-state index contributed by atoms with van der Waals surface area (Å²) < 4.78 is 10.9. The Kier molecular flexibility index (Phi) is 8.48. The van der Waals surface area contributed by atoms with Crippen molar-refractivity contribution in [2.24, 2.45) is 0 Å². The van der Waals surface area contributed by atoms with Crippen molar-refractivity contribution in [1.29, 1.82) is 0 Å². The quantitative estimate of drug-likeness (QED) is 0.385. The molecule has 0 aromatic heterocycles. The van der Waals surface area contributed by atoms with Gasteiger partial charge < -0.3 is 30.3 Å². The van der Waals surface area contributed by atoms with E-state index in [2.05, 4.69) is 10.6 Å². The van der Waals surface area contributed by atoms with Crippen molar-refractivity contribution in [2.45, 2.75) is 50.3 Å². The highest BCUT2D eigenvalue weighted by Crippen LogP contribution is 2.44. The molecule has 0 radical (unpaired) electrons. The van der Waals surface area contributed by atoms with E-state index in [4.69, 9.17) is 14.6 Å². The fourth-order valence-corrected chi connectivity index (χ4v) is 4.23. The molecule has 0 aliphatic heterocycles. The standard InChI is InChI=1S/C26H32N2O7/c1-26(2,34-3)14-22(23(30)27-21(12-13-29)24(31)32)28-25(33)35-15-20-18-10-6-4-8-16(18)17-9-5-7-11-19(17)20/h4-11,20-22,29H,12-15H2,1-3H3,(H,27,30)(H,28,33)(H,31,32). The molecular weight excluding hydrogens is 452 g/mol. The number of carboxylic acids is 1. The van der Waals surface area contributed by atoms with Gasteiger partial charge in [-0.2, -0.15) is 0 Å². The number of aliphatic carboxylic acids is 1. The van der Waals surface area contributed by atoms with Crippen LogP contribution < -0.4 is 10.6 Å². The summed E-state index contributed by atoms with van der Waals surface area (Å²) in [6.07, 6.45) is -0.884. The summed E-state index contributed by atoms with van der Waals surface area (Å²) in [5, 5.41) is 23.3. The van der Waals surface area contributed by atoms with Gasteiger partial charge in [0, 0.05) is 32.5 Å². The van der Waals surface area contributed by atoms with Gasteiger partial charge in [0.05, 0.1) is 5.60 Å². The van der Waals surface area contributed by atoms with E-state index in [9.17, 15) is 19.5 Å². The lowest BCUT2D eigenvalue weighted by molar-refractivity contribution is -0.142. The minimum absolute atomic E-state index is 0.0735. The Morgan fingerprint density at radius 1 is 0.971 bits per heavy atom. The van der Waals surface area contributed by atoms with Crippen LogP contribution in [0.1, 0.15) is 43.7 Å². The van der Waals surface area contributed by atoms with Gasteiger partial charge in [-0.1, -0.05) is 48.5 Å². The first-order chi connectivity index (χ1) is 16.7. The van der Waals surface area contributed by atoms with E-state index in [1.807, 2.05) is 48.5 Å². The van der Waals surface area contributed by atoms with Crippen LogP contribution in [0.4, 0.5) is 4.79 Å². The number of carboxylic acid groups (broad SMARTS) is 1. The molecule has 0 spiro atoms. The van der Waals surface area contributed by atoms with Gasteiger partial charge in [-0.15, -0.1) is 0 Å². The van der Waals surface area contributed by atoms with E-state index in [1.54, 1.807) is 13.8 Å². The number of amides is 2. The van der Waals surface area contributed by atoms with Crippen LogP contribution in [0.5, 0.6) is 0 Å². The predicted molar refractivity (Wildman–Crippen MR) is 129 cm³/mol. The van der Waals surface area contributed by atoms with E-state index in [0.717, 1.165) is 22.3 Å². The Morgan fingerprint density at radius 2 is 1.54 bits per heavy atom. The number of benzene rings is 2. The first-order valence-corrected chi connectivity index (χ1v) is 11.5. The minimum Gasteiger partial charge on any atom is -0.480 e. The SMILES string of the molecule is COC(C)(C)CC(NC(=O)OCC1c2ccccc2-c2ccccc21)C(=O)NC(CCO)C(=O)O. The van der Waals surface area contributed by atoms with Crippen molar-refractivity contribution < 1.29 is 34.1 Å². The van der Waals surface area contributed by atoms with E-state index < -0.39 is 42.3 Å². The van der Waals surface area contributed by atoms with Gasteiger partial charge in [0.1, 0.15) is 18.7 Å². The van der Waals surface area contributed by atoms with E-state index in [-0.39, 0.29) is 25.4 Å². The molecule has 0 fully saturated rings. The molecular formula is C26H32N2O7. The van der Waals surface area contributed by atoms with Gasteiger partial charge in [-0.3, -0.25) is 4.79 Å². The maximum absolute atomic E-state index is 12.9. The topological polar surface area (TPSA) is 134 Å². The second-order valence-corrected chi connectivity index (χ2v) is 9.10. The number of alkyl carbamates (subject to hydrolysis) is 1. The van der Waals surface area contributed by atoms with Gasteiger partial charge in [-0.25, -0.2) is 9.59 Å². The number of fused-ring (bicyclic) bond motifs is 3. The second-order valence-electron chi connectivity index (χ2n) is 9.10. The molecule has 0 saturated heterocycles. The molecule has 2 atom stereocenters. The summed E-state index contributed by atoms with van der Waals surface area (Å²) in [7, 11) is 1.48. The molecule has 0 saturated carbocycles. The van der Waals surface area contributed by atoms with Crippen LogP contribution in [0.2, 0.25) is 0 Å². The number of nitrogens with one attached hydrogen (secondary N) is 2. The summed E-state index contributed by atoms with van der Waals surface area (Å²) in [5.74, 6) is -2.13. The number of carbonyl (C=O) groups is 3. The van der Waals surface area contributed by atoms with Gasteiger partial charge >= 0.3 is 12.1 Å². The number of methoxy groups -OCH3 is 1. The number of rotatable bonds is 11. The monoisotopic (exact) mass is 484 g/mol. The number of aliphatic hydroxyl groups is 1. The molecule has 2 aromatic carbocycles. The van der Waals surface area contributed by atoms with Gasteiger partial charge in [0.15, 0.2) is 0 Å². The third-order valence-corrected chi connectivity index (χ3v) is 6.23. The Hall–Kier alpha value is -3.43. The Labute approximate surface area is 204 Å². The summed E-state index contributed by atoms with van der Waals surface area (Å²) in [4.78, 5) is 37.0. The van der Waals surface area contributed by atoms with Crippen molar-refractivity contribution in [3.05, 3.63) is 59.7 Å². The molecule has 2 aromatic rings. The maximum atomic E-state index is 12.9. The smallest absolute Gasteiger partial charge is 0.407 e. The highest BCUT2D eigenvalue weighted by molar-refractivity contribution is 5.89. The molecule has 0 bridgehead atoms. The third kappa shape index (κ3) is 6.37. The van der Waals surface area contributed by atoms with Crippen LogP contribution >= 0.6 is 0 Å². The lowest BCUT2D eigenvalue weighted by Crippen LogP contribution is -2.54. The van der Waals surface area contributed by atoms with Crippen molar-refractivity contribution in [1.82, 2.24) is 10.6 Å². The van der Waals surface area contributed by atoms with Crippen LogP contribution in [0.15, 0.2) is 48.5 Å². The Balaban J connectivity index is 1.71. The molecule has 2 amide bonds. The van der Waals surface area contributed by atoms with E-state index in [0.29, 0.717) is 0 Å². The van der Waals surface area contributed by atoms with Crippen molar-refractivity contribution in [3.8, 4) is 11.1 Å². The molecule has 0 heterocycles. The first-order valence-electron chi connectivity index (χ1n) is 11.5. The molecule has 2 unspecified atom stereocenters. The summed E-state index contributed by atoms with van der Waals surface area (Å²) in [5.41, 5.74) is 3.53. The number of hydrogen-bond donors (Lipinski definition) is 4. The fraction of sp³-hybridized carbons (Fsp3) is 0.423. The zero-order chi connectivity index (χ0) is 25.6. The maximum Gasteiger partial charge on any atom is 0.407 e. The zero-order valence-electron chi connectivity index (χ0n) is 20.1. The molecule has 3 rings (SSSR count). The number of carbonyl (C=O) groups excluding carboxylic acids is 2. The molecule has 188 valence electrons. The molecule has 4 N–H and O–H groups in total. The van der Waals surface area contributed by atoms with E-state index in [1.165, 1.54) is 7.11 Å². The molecule has 9 nitrogen and oxygen atoms in total. The molecule has 1 aliphatic rings. The van der Waals surface area contributed by atoms with Gasteiger partial charge in [0.2, 0.25) is 5.91 Å². The largest absolute Gasteiger partial charge is 0.480 e. The number of hydrogen-bond acceptors (Lipinski definition) is 6. The normalized spacial score (nSPS) is 14.4. The lowest BCUT2D eigenvalue weighted by Gasteiger charge is -2.29. The molecule has 9 heteroatoms. The summed E-state index contributed by atoms with van der Waals surface area (Å²) in [6, 6.07) is 13.5. The van der Waals surface area contributed by atoms with Crippen LogP contribution in [0.3, 0.4) is 0 Å². The highest BCUT2D eigenvalue weighted by atomic mass is 16.5. The Bertz CT molecular complexity index is 1020. The average Bonchev–Trinajstić information content (AvgIpc) is 3.15. The zero-order valence-corrected chi connectivity index (χ0v) is 20.1. The van der Waals surface area contributed by atoms with Crippen LogP contribution in [0, 0.1) is 0 Å². The summed E-state index contributed by atoms with van der Waals surface area (Å²) in [6.45, 7) is 3.15. The first kappa shape index (κ1) is 26.2. The molecule has 1 aliphatic carbocycles.